The van der Waals surface area contributed by atoms with Crippen molar-refractivity contribution in [2.75, 3.05) is 0 Å². The summed E-state index contributed by atoms with van der Waals surface area (Å²) in [5, 5.41) is 0.557. The van der Waals surface area contributed by atoms with Crippen molar-refractivity contribution in [3.63, 3.8) is 0 Å². The molecular weight excluding hydrogens is 316 g/mol. The number of halogens is 3. The molecular formula is C14H12BrF2NO. The van der Waals surface area contributed by atoms with Gasteiger partial charge in [-0.15, -0.1) is 0 Å². The van der Waals surface area contributed by atoms with Gasteiger partial charge in [-0.05, 0) is 36.8 Å². The van der Waals surface area contributed by atoms with E-state index >= 15 is 0 Å². The number of pyridine rings is 1. The molecule has 1 aromatic heterocycles. The minimum absolute atomic E-state index is 0.0966. The molecule has 19 heavy (non-hydrogen) atoms. The van der Waals surface area contributed by atoms with Crippen LogP contribution in [0.2, 0.25) is 0 Å². The highest BCUT2D eigenvalue weighted by Gasteiger charge is 2.06. The first-order valence-corrected chi connectivity index (χ1v) is 6.81. The van der Waals surface area contributed by atoms with Gasteiger partial charge in [0, 0.05) is 17.1 Å². The van der Waals surface area contributed by atoms with Crippen LogP contribution in [0.5, 0.6) is 5.75 Å². The van der Waals surface area contributed by atoms with E-state index in [1.165, 1.54) is 12.1 Å². The highest BCUT2D eigenvalue weighted by molar-refractivity contribution is 9.08. The van der Waals surface area contributed by atoms with Crippen molar-refractivity contribution < 1.29 is 13.5 Å². The third kappa shape index (κ3) is 3.73. The molecule has 2 nitrogen and oxygen atoms in total. The largest absolute Gasteiger partial charge is 0.487 e. The van der Waals surface area contributed by atoms with Crippen molar-refractivity contribution in [1.29, 1.82) is 0 Å². The summed E-state index contributed by atoms with van der Waals surface area (Å²) in [5.41, 5.74) is 2.09. The van der Waals surface area contributed by atoms with Crippen LogP contribution in [0.25, 0.3) is 0 Å². The SMILES string of the molecule is Cc1ccc(OCc2cc(F)cc(F)c2)c(CBr)n1. The van der Waals surface area contributed by atoms with Gasteiger partial charge in [0.25, 0.3) is 0 Å². The molecule has 0 bridgehead atoms. The van der Waals surface area contributed by atoms with Crippen molar-refractivity contribution in [3.05, 3.63) is 58.9 Å². The van der Waals surface area contributed by atoms with Gasteiger partial charge in [0.1, 0.15) is 24.0 Å². The Morgan fingerprint density at radius 2 is 1.84 bits per heavy atom. The van der Waals surface area contributed by atoms with E-state index in [9.17, 15) is 8.78 Å². The molecule has 1 heterocycles. The fourth-order valence-electron chi connectivity index (χ4n) is 1.68. The van der Waals surface area contributed by atoms with Gasteiger partial charge in [-0.25, -0.2) is 8.78 Å². The van der Waals surface area contributed by atoms with Gasteiger partial charge in [-0.3, -0.25) is 4.98 Å². The number of ether oxygens (including phenoxy) is 1. The average molecular weight is 328 g/mol. The number of rotatable bonds is 4. The molecule has 0 radical (unpaired) electrons. The topological polar surface area (TPSA) is 22.1 Å². The molecule has 0 atom stereocenters. The standard InChI is InChI=1S/C14H12BrF2NO/c1-9-2-3-14(13(7-15)18-9)19-8-10-4-11(16)6-12(17)5-10/h2-6H,7-8H2,1H3. The fourth-order valence-corrected chi connectivity index (χ4v) is 2.08. The van der Waals surface area contributed by atoms with E-state index in [-0.39, 0.29) is 6.61 Å². The van der Waals surface area contributed by atoms with Crippen molar-refractivity contribution >= 4 is 15.9 Å². The Labute approximate surface area is 118 Å². The second kappa shape index (κ2) is 6.10. The van der Waals surface area contributed by atoms with Gasteiger partial charge < -0.3 is 4.74 Å². The van der Waals surface area contributed by atoms with Crippen LogP contribution in [0.15, 0.2) is 30.3 Å². The zero-order valence-electron chi connectivity index (χ0n) is 10.3. The summed E-state index contributed by atoms with van der Waals surface area (Å²) in [7, 11) is 0. The number of aromatic nitrogens is 1. The molecule has 2 aromatic rings. The van der Waals surface area contributed by atoms with Gasteiger partial charge in [-0.2, -0.15) is 0 Å². The number of hydrogen-bond acceptors (Lipinski definition) is 2. The first-order valence-electron chi connectivity index (χ1n) is 5.69. The van der Waals surface area contributed by atoms with Crippen LogP contribution in [0.4, 0.5) is 8.78 Å². The van der Waals surface area contributed by atoms with E-state index in [0.717, 1.165) is 17.5 Å². The number of alkyl halides is 1. The van der Waals surface area contributed by atoms with Gasteiger partial charge in [0.05, 0.1) is 5.69 Å². The molecule has 0 spiro atoms. The molecule has 1 aromatic carbocycles. The van der Waals surface area contributed by atoms with Crippen LogP contribution < -0.4 is 4.74 Å². The maximum Gasteiger partial charge on any atom is 0.142 e. The molecule has 0 saturated carbocycles. The average Bonchev–Trinajstić information content (AvgIpc) is 2.36. The molecule has 0 aliphatic rings. The van der Waals surface area contributed by atoms with Gasteiger partial charge in [0.15, 0.2) is 0 Å². The smallest absolute Gasteiger partial charge is 0.142 e. The minimum atomic E-state index is -0.610. The molecule has 0 aliphatic carbocycles. The lowest BCUT2D eigenvalue weighted by Gasteiger charge is -2.10. The highest BCUT2D eigenvalue weighted by Crippen LogP contribution is 2.21. The lowest BCUT2D eigenvalue weighted by atomic mass is 10.2. The van der Waals surface area contributed by atoms with E-state index in [0.29, 0.717) is 16.6 Å². The predicted octanol–water partition coefficient (Wildman–Crippen LogP) is 4.14. The number of aryl methyl sites for hydroxylation is 1. The van der Waals surface area contributed by atoms with Crippen molar-refractivity contribution in [2.24, 2.45) is 0 Å². The summed E-state index contributed by atoms with van der Waals surface area (Å²) >= 11 is 3.33. The first kappa shape index (κ1) is 13.9. The Morgan fingerprint density at radius 1 is 1.16 bits per heavy atom. The Kier molecular flexibility index (Phi) is 4.47. The van der Waals surface area contributed by atoms with Crippen LogP contribution in [-0.2, 0) is 11.9 Å². The summed E-state index contributed by atoms with van der Waals surface area (Å²) in [6, 6.07) is 6.96. The maximum absolute atomic E-state index is 13.0. The summed E-state index contributed by atoms with van der Waals surface area (Å²) < 4.78 is 31.6. The number of benzene rings is 1. The predicted molar refractivity (Wildman–Crippen MR) is 72.3 cm³/mol. The normalized spacial score (nSPS) is 10.5. The maximum atomic E-state index is 13.0. The monoisotopic (exact) mass is 327 g/mol. The van der Waals surface area contributed by atoms with Crippen molar-refractivity contribution in [1.82, 2.24) is 4.98 Å². The number of nitrogens with zero attached hydrogens (tertiary/aromatic N) is 1. The van der Waals surface area contributed by atoms with Gasteiger partial charge >= 0.3 is 0 Å². The highest BCUT2D eigenvalue weighted by atomic mass is 79.9. The van der Waals surface area contributed by atoms with E-state index in [1.54, 1.807) is 6.07 Å². The van der Waals surface area contributed by atoms with Crippen molar-refractivity contribution in [2.45, 2.75) is 18.9 Å². The molecule has 2 rings (SSSR count). The zero-order chi connectivity index (χ0) is 13.8. The summed E-state index contributed by atoms with van der Waals surface area (Å²) in [5.74, 6) is -0.616. The van der Waals surface area contributed by atoms with E-state index in [1.807, 2.05) is 13.0 Å². The molecule has 0 amide bonds. The third-order valence-electron chi connectivity index (χ3n) is 2.51. The zero-order valence-corrected chi connectivity index (χ0v) is 11.9. The molecule has 0 fully saturated rings. The van der Waals surface area contributed by atoms with E-state index in [2.05, 4.69) is 20.9 Å². The quantitative estimate of drug-likeness (QED) is 0.787. The molecule has 0 unspecified atom stereocenters. The molecule has 5 heteroatoms. The van der Waals surface area contributed by atoms with Crippen molar-refractivity contribution in [3.8, 4) is 5.75 Å². The second-order valence-corrected chi connectivity index (χ2v) is 4.66. The number of hydrogen-bond donors (Lipinski definition) is 0. The summed E-state index contributed by atoms with van der Waals surface area (Å²) in [6.45, 7) is 1.98. The Hall–Kier alpha value is -1.49. The summed E-state index contributed by atoms with van der Waals surface area (Å²) in [6.07, 6.45) is 0. The second-order valence-electron chi connectivity index (χ2n) is 4.10. The molecule has 100 valence electrons. The lowest BCUT2D eigenvalue weighted by molar-refractivity contribution is 0.301. The molecule has 0 aliphatic heterocycles. The van der Waals surface area contributed by atoms with Crippen LogP contribution in [-0.4, -0.2) is 4.98 Å². The van der Waals surface area contributed by atoms with Crippen LogP contribution in [0.3, 0.4) is 0 Å². The Balaban J connectivity index is 2.14. The Bertz CT molecular complexity index is 569. The molecule has 0 saturated heterocycles. The van der Waals surface area contributed by atoms with E-state index < -0.39 is 11.6 Å². The lowest BCUT2D eigenvalue weighted by Crippen LogP contribution is -2.01. The van der Waals surface area contributed by atoms with Crippen LogP contribution in [0, 0.1) is 18.6 Å². The van der Waals surface area contributed by atoms with Gasteiger partial charge in [0.2, 0.25) is 0 Å². The molecule has 0 N–H and O–H groups in total. The van der Waals surface area contributed by atoms with E-state index in [4.69, 9.17) is 4.74 Å². The van der Waals surface area contributed by atoms with Gasteiger partial charge in [-0.1, -0.05) is 15.9 Å². The third-order valence-corrected chi connectivity index (χ3v) is 3.05. The minimum Gasteiger partial charge on any atom is -0.487 e. The summed E-state index contributed by atoms with van der Waals surface area (Å²) in [4.78, 5) is 4.32. The fraction of sp³-hybridized carbons (Fsp3) is 0.214. The van der Waals surface area contributed by atoms with Crippen LogP contribution >= 0.6 is 15.9 Å². The Morgan fingerprint density at radius 3 is 2.47 bits per heavy atom. The first-order chi connectivity index (χ1) is 9.08. The van der Waals surface area contributed by atoms with Crippen LogP contribution in [0.1, 0.15) is 17.0 Å².